The Balaban J connectivity index is 2.00. The van der Waals surface area contributed by atoms with Gasteiger partial charge in [0.05, 0.1) is 5.69 Å². The Labute approximate surface area is 103 Å². The van der Waals surface area contributed by atoms with Crippen molar-refractivity contribution in [3.8, 4) is 28.7 Å². The normalized spacial score (nSPS) is 10.7. The van der Waals surface area contributed by atoms with Crippen LogP contribution >= 0.6 is 0 Å². The number of nitrogens with one attached hydrogen (secondary N) is 1. The van der Waals surface area contributed by atoms with Gasteiger partial charge in [-0.15, -0.1) is 0 Å². The Bertz CT molecular complexity index is 671. The zero-order chi connectivity index (χ0) is 12.5. The van der Waals surface area contributed by atoms with Crippen molar-refractivity contribution in [2.75, 3.05) is 0 Å². The number of rotatable bonds is 2. The molecular weight excluding hydrogens is 230 g/mol. The zero-order valence-corrected chi connectivity index (χ0v) is 9.71. The van der Waals surface area contributed by atoms with Gasteiger partial charge in [0.2, 0.25) is 5.82 Å². The lowest BCUT2D eigenvalue weighted by Crippen LogP contribution is -1.82. The van der Waals surface area contributed by atoms with Crippen molar-refractivity contribution in [2.24, 2.45) is 0 Å². The number of aromatic hydroxyl groups is 1. The highest BCUT2D eigenvalue weighted by atomic mass is 16.5. The van der Waals surface area contributed by atoms with Crippen LogP contribution in [0.15, 0.2) is 41.1 Å². The van der Waals surface area contributed by atoms with Crippen LogP contribution < -0.4 is 0 Å². The summed E-state index contributed by atoms with van der Waals surface area (Å²) in [5.74, 6) is 1.09. The summed E-state index contributed by atoms with van der Waals surface area (Å²) in [7, 11) is 0. The molecule has 0 spiro atoms. The molecule has 0 aliphatic carbocycles. The summed E-state index contributed by atoms with van der Waals surface area (Å²) in [5, 5.41) is 13.5. The van der Waals surface area contributed by atoms with E-state index in [1.807, 2.05) is 31.2 Å². The highest BCUT2D eigenvalue weighted by molar-refractivity contribution is 5.60. The topological polar surface area (TPSA) is 74.9 Å². The number of nitrogens with zero attached hydrogens (tertiary/aromatic N) is 2. The van der Waals surface area contributed by atoms with Crippen molar-refractivity contribution in [2.45, 2.75) is 6.92 Å². The summed E-state index contributed by atoms with van der Waals surface area (Å²) in [6, 6.07) is 8.98. The molecule has 3 aromatic rings. The summed E-state index contributed by atoms with van der Waals surface area (Å²) >= 11 is 0. The lowest BCUT2D eigenvalue weighted by molar-refractivity contribution is 0.431. The first-order valence-electron chi connectivity index (χ1n) is 5.51. The summed E-state index contributed by atoms with van der Waals surface area (Å²) in [4.78, 5) is 7.28. The summed E-state index contributed by atoms with van der Waals surface area (Å²) in [5.41, 5.74) is 2.30. The van der Waals surface area contributed by atoms with Gasteiger partial charge in [0, 0.05) is 11.8 Å². The molecule has 0 aliphatic heterocycles. The van der Waals surface area contributed by atoms with Gasteiger partial charge in [-0.05, 0) is 36.8 Å². The first-order valence-corrected chi connectivity index (χ1v) is 5.51. The van der Waals surface area contributed by atoms with E-state index < -0.39 is 0 Å². The van der Waals surface area contributed by atoms with Gasteiger partial charge in [-0.2, -0.15) is 4.98 Å². The molecule has 0 unspecified atom stereocenters. The van der Waals surface area contributed by atoms with Crippen molar-refractivity contribution in [1.29, 1.82) is 0 Å². The highest BCUT2D eigenvalue weighted by Crippen LogP contribution is 2.26. The van der Waals surface area contributed by atoms with Crippen LogP contribution in [0.3, 0.4) is 0 Å². The van der Waals surface area contributed by atoms with Gasteiger partial charge in [0.25, 0.3) is 5.89 Å². The molecule has 0 bridgehead atoms. The molecule has 0 atom stereocenters. The molecule has 0 amide bonds. The number of aryl methyl sites for hydroxylation is 1. The number of hydrogen-bond donors (Lipinski definition) is 2. The van der Waals surface area contributed by atoms with E-state index in [9.17, 15) is 5.11 Å². The number of hydrogen-bond acceptors (Lipinski definition) is 4. The minimum atomic E-state index is 0.215. The Morgan fingerprint density at radius 2 is 2.17 bits per heavy atom. The Hall–Kier alpha value is -2.56. The van der Waals surface area contributed by atoms with E-state index in [4.69, 9.17) is 4.52 Å². The third-order valence-corrected chi connectivity index (χ3v) is 2.72. The molecule has 90 valence electrons. The van der Waals surface area contributed by atoms with Gasteiger partial charge in [0.15, 0.2) is 0 Å². The highest BCUT2D eigenvalue weighted by Gasteiger charge is 2.11. The predicted octanol–water partition coefficient (Wildman–Crippen LogP) is 2.75. The second kappa shape index (κ2) is 4.03. The van der Waals surface area contributed by atoms with E-state index in [1.165, 1.54) is 0 Å². The fraction of sp³-hybridized carbons (Fsp3) is 0.0769. The Morgan fingerprint density at radius 1 is 1.28 bits per heavy atom. The third kappa shape index (κ3) is 1.75. The van der Waals surface area contributed by atoms with E-state index in [-0.39, 0.29) is 5.75 Å². The molecule has 1 aromatic carbocycles. The van der Waals surface area contributed by atoms with Gasteiger partial charge in [-0.25, -0.2) is 0 Å². The van der Waals surface area contributed by atoms with Gasteiger partial charge in [0.1, 0.15) is 5.75 Å². The van der Waals surface area contributed by atoms with Gasteiger partial charge in [-0.1, -0.05) is 11.2 Å². The number of aromatic amines is 1. The van der Waals surface area contributed by atoms with Crippen molar-refractivity contribution < 1.29 is 9.63 Å². The average Bonchev–Trinajstić information content (AvgIpc) is 3.01. The van der Waals surface area contributed by atoms with Crippen LogP contribution in [0.2, 0.25) is 0 Å². The van der Waals surface area contributed by atoms with Crippen LogP contribution in [-0.4, -0.2) is 20.2 Å². The van der Waals surface area contributed by atoms with Gasteiger partial charge in [-0.3, -0.25) is 0 Å². The molecule has 2 N–H and O–H groups in total. The van der Waals surface area contributed by atoms with E-state index in [1.54, 1.807) is 12.3 Å². The van der Waals surface area contributed by atoms with E-state index in [0.29, 0.717) is 17.3 Å². The van der Waals surface area contributed by atoms with E-state index in [2.05, 4.69) is 15.1 Å². The maximum atomic E-state index is 9.66. The average molecular weight is 241 g/mol. The molecule has 0 saturated carbocycles. The van der Waals surface area contributed by atoms with Gasteiger partial charge >= 0.3 is 0 Å². The van der Waals surface area contributed by atoms with Crippen LogP contribution in [-0.2, 0) is 0 Å². The maximum absolute atomic E-state index is 9.66. The second-order valence-electron chi connectivity index (χ2n) is 4.01. The van der Waals surface area contributed by atoms with Gasteiger partial charge < -0.3 is 14.6 Å². The lowest BCUT2D eigenvalue weighted by Gasteiger charge is -1.99. The second-order valence-corrected chi connectivity index (χ2v) is 4.01. The number of benzene rings is 1. The predicted molar refractivity (Wildman–Crippen MR) is 65.9 cm³/mol. The van der Waals surface area contributed by atoms with Crippen LogP contribution in [0.25, 0.3) is 23.0 Å². The number of phenols is 1. The maximum Gasteiger partial charge on any atom is 0.258 e. The number of aromatic nitrogens is 3. The molecule has 3 rings (SSSR count). The molecule has 5 nitrogen and oxygen atoms in total. The standard InChI is InChI=1S/C13H11N3O2/c1-8-4-5-9(7-11(8)17)13-15-12(16-18-13)10-3-2-6-14-10/h2-7,14,17H,1H3. The molecule has 0 radical (unpaired) electrons. The first-order chi connectivity index (χ1) is 8.74. The number of H-pyrrole nitrogens is 1. The molecule has 2 aromatic heterocycles. The summed E-state index contributed by atoms with van der Waals surface area (Å²) < 4.78 is 5.18. The van der Waals surface area contributed by atoms with Crippen LogP contribution in [0.4, 0.5) is 0 Å². The molecular formula is C13H11N3O2. The lowest BCUT2D eigenvalue weighted by atomic mass is 10.1. The monoisotopic (exact) mass is 241 g/mol. The summed E-state index contributed by atoms with van der Waals surface area (Å²) in [6.45, 7) is 1.83. The first kappa shape index (κ1) is 10.6. The van der Waals surface area contributed by atoms with Crippen molar-refractivity contribution in [3.63, 3.8) is 0 Å². The fourth-order valence-electron chi connectivity index (χ4n) is 1.66. The minimum Gasteiger partial charge on any atom is -0.508 e. The fourth-order valence-corrected chi connectivity index (χ4v) is 1.66. The van der Waals surface area contributed by atoms with Crippen molar-refractivity contribution in [1.82, 2.24) is 15.1 Å². The molecule has 0 aliphatic rings. The smallest absolute Gasteiger partial charge is 0.258 e. The molecule has 18 heavy (non-hydrogen) atoms. The largest absolute Gasteiger partial charge is 0.508 e. The van der Waals surface area contributed by atoms with Crippen molar-refractivity contribution in [3.05, 3.63) is 42.1 Å². The molecule has 2 heterocycles. The number of phenolic OH excluding ortho intramolecular Hbond substituents is 1. The minimum absolute atomic E-state index is 0.215. The van der Waals surface area contributed by atoms with Crippen molar-refractivity contribution >= 4 is 0 Å². The van der Waals surface area contributed by atoms with Crippen LogP contribution in [0.1, 0.15) is 5.56 Å². The van der Waals surface area contributed by atoms with Crippen LogP contribution in [0, 0.1) is 6.92 Å². The Kier molecular flexibility index (Phi) is 2.37. The SMILES string of the molecule is Cc1ccc(-c2nc(-c3ccc[nH]3)no2)cc1O. The zero-order valence-electron chi connectivity index (χ0n) is 9.71. The molecule has 0 saturated heterocycles. The summed E-state index contributed by atoms with van der Waals surface area (Å²) in [6.07, 6.45) is 1.79. The molecule has 5 heteroatoms. The van der Waals surface area contributed by atoms with Crippen LogP contribution in [0.5, 0.6) is 5.75 Å². The van der Waals surface area contributed by atoms with E-state index >= 15 is 0 Å². The molecule has 0 fully saturated rings. The van der Waals surface area contributed by atoms with E-state index in [0.717, 1.165) is 11.3 Å². The quantitative estimate of drug-likeness (QED) is 0.723. The third-order valence-electron chi connectivity index (χ3n) is 2.72. The Morgan fingerprint density at radius 3 is 2.89 bits per heavy atom.